The maximum absolute atomic E-state index is 13.3. The van der Waals surface area contributed by atoms with E-state index in [9.17, 15) is 9.59 Å². The molecule has 2 aliphatic rings. The number of carbonyl (C=O) groups is 2. The fourth-order valence-electron chi connectivity index (χ4n) is 5.34. The summed E-state index contributed by atoms with van der Waals surface area (Å²) in [4.78, 5) is 35.5. The molecule has 8 nitrogen and oxygen atoms in total. The molecule has 0 unspecified atom stereocenters. The molecule has 5 rings (SSSR count). The molecule has 39 heavy (non-hydrogen) atoms. The second-order valence-corrected chi connectivity index (χ2v) is 9.64. The highest BCUT2D eigenvalue weighted by Crippen LogP contribution is 2.33. The second kappa shape index (κ2) is 12.1. The highest BCUT2D eigenvalue weighted by atomic mass is 16.5. The van der Waals surface area contributed by atoms with Gasteiger partial charge in [-0.2, -0.15) is 0 Å². The fraction of sp³-hybridized carbons (Fsp3) is 0.323. The molecular formula is C31H34N4O4. The minimum Gasteiger partial charge on any atom is -0.497 e. The van der Waals surface area contributed by atoms with E-state index >= 15 is 0 Å². The van der Waals surface area contributed by atoms with Crippen molar-refractivity contribution in [1.29, 1.82) is 0 Å². The van der Waals surface area contributed by atoms with Gasteiger partial charge in [0.05, 0.1) is 19.8 Å². The maximum Gasteiger partial charge on any atom is 0.321 e. The van der Waals surface area contributed by atoms with Crippen LogP contribution in [-0.4, -0.2) is 67.5 Å². The molecule has 2 aliphatic heterocycles. The summed E-state index contributed by atoms with van der Waals surface area (Å²) in [5.41, 5.74) is 3.25. The molecule has 1 saturated heterocycles. The van der Waals surface area contributed by atoms with Crippen molar-refractivity contribution in [3.63, 3.8) is 0 Å². The molecule has 3 aromatic rings. The van der Waals surface area contributed by atoms with Crippen molar-refractivity contribution in [3.05, 3.63) is 102 Å². The average molecular weight is 527 g/mol. The van der Waals surface area contributed by atoms with Crippen LogP contribution >= 0.6 is 0 Å². The summed E-state index contributed by atoms with van der Waals surface area (Å²) in [6.07, 6.45) is 0. The molecule has 1 N–H and O–H groups in total. The van der Waals surface area contributed by atoms with Crippen molar-refractivity contribution < 1.29 is 19.1 Å². The van der Waals surface area contributed by atoms with Crippen LogP contribution < -0.4 is 10.1 Å². The Bertz CT molecular complexity index is 1250. The van der Waals surface area contributed by atoms with E-state index in [1.807, 2.05) is 36.4 Å². The first-order chi connectivity index (χ1) is 19.1. The first-order valence-corrected chi connectivity index (χ1v) is 13.4. The van der Waals surface area contributed by atoms with Crippen molar-refractivity contribution in [3.8, 4) is 5.75 Å². The molecule has 2 atom stereocenters. The molecule has 3 aromatic carbocycles. The SMILES string of the molecule is CCOC(=O)[C@H]1C(=O)NC(N2CCN(C(c3ccccc3)c3ccccc3)CC2)=N[C@@H]1c1ccc(OC)cc1. The molecule has 0 saturated carbocycles. The van der Waals surface area contributed by atoms with Crippen LogP contribution in [0.1, 0.15) is 35.7 Å². The molecule has 202 valence electrons. The van der Waals surface area contributed by atoms with Gasteiger partial charge in [-0.25, -0.2) is 4.99 Å². The van der Waals surface area contributed by atoms with Crippen LogP contribution in [0.5, 0.6) is 5.75 Å². The van der Waals surface area contributed by atoms with E-state index in [4.69, 9.17) is 14.5 Å². The van der Waals surface area contributed by atoms with Crippen molar-refractivity contribution in [1.82, 2.24) is 15.1 Å². The van der Waals surface area contributed by atoms with E-state index in [1.165, 1.54) is 11.1 Å². The first-order valence-electron chi connectivity index (χ1n) is 13.4. The van der Waals surface area contributed by atoms with Crippen molar-refractivity contribution in [2.24, 2.45) is 10.9 Å². The third kappa shape index (κ3) is 5.81. The number of ether oxygens (including phenoxy) is 2. The summed E-state index contributed by atoms with van der Waals surface area (Å²) in [5, 5.41) is 2.90. The van der Waals surface area contributed by atoms with Crippen LogP contribution in [0.2, 0.25) is 0 Å². The molecule has 8 heteroatoms. The minimum atomic E-state index is -1.05. The Balaban J connectivity index is 1.38. The molecule has 2 heterocycles. The van der Waals surface area contributed by atoms with Gasteiger partial charge in [-0.05, 0) is 35.7 Å². The Morgan fingerprint density at radius 3 is 2.05 bits per heavy atom. The van der Waals surface area contributed by atoms with Crippen molar-refractivity contribution >= 4 is 17.8 Å². The average Bonchev–Trinajstić information content (AvgIpc) is 2.98. The lowest BCUT2D eigenvalue weighted by atomic mass is 9.91. The first kappa shape index (κ1) is 26.4. The summed E-state index contributed by atoms with van der Waals surface area (Å²) in [6, 6.07) is 27.8. The van der Waals surface area contributed by atoms with Gasteiger partial charge in [0.25, 0.3) is 0 Å². The molecule has 1 amide bonds. The molecule has 1 fully saturated rings. The highest BCUT2D eigenvalue weighted by molar-refractivity contribution is 6.08. The molecule has 0 spiro atoms. The highest BCUT2D eigenvalue weighted by Gasteiger charge is 2.42. The normalized spacial score (nSPS) is 19.8. The van der Waals surface area contributed by atoms with E-state index in [2.05, 4.69) is 63.6 Å². The maximum atomic E-state index is 13.3. The number of aliphatic imine (C=N–C) groups is 1. The van der Waals surface area contributed by atoms with Gasteiger partial charge in [-0.3, -0.25) is 19.8 Å². The quantitative estimate of drug-likeness (QED) is 0.373. The van der Waals surface area contributed by atoms with Crippen molar-refractivity contribution in [2.75, 3.05) is 39.9 Å². The van der Waals surface area contributed by atoms with E-state index in [0.29, 0.717) is 24.8 Å². The lowest BCUT2D eigenvalue weighted by Crippen LogP contribution is -2.57. The summed E-state index contributed by atoms with van der Waals surface area (Å²) in [6.45, 7) is 4.88. The van der Waals surface area contributed by atoms with Crippen LogP contribution in [0.15, 0.2) is 89.9 Å². The Kier molecular flexibility index (Phi) is 8.22. The number of rotatable bonds is 7. The topological polar surface area (TPSA) is 83.5 Å². The number of esters is 1. The molecular weight excluding hydrogens is 492 g/mol. The number of hydrogen-bond acceptors (Lipinski definition) is 7. The predicted molar refractivity (Wildman–Crippen MR) is 149 cm³/mol. The van der Waals surface area contributed by atoms with Crippen molar-refractivity contribution in [2.45, 2.75) is 19.0 Å². The zero-order valence-corrected chi connectivity index (χ0v) is 22.3. The number of piperazine rings is 1. The smallest absolute Gasteiger partial charge is 0.321 e. The summed E-state index contributed by atoms with van der Waals surface area (Å²) in [7, 11) is 1.60. The van der Waals surface area contributed by atoms with Crippen LogP contribution in [0, 0.1) is 5.92 Å². The molecule has 0 aliphatic carbocycles. The molecule has 0 bridgehead atoms. The monoisotopic (exact) mass is 526 g/mol. The standard InChI is InChI=1S/C31H34N4O4/c1-3-39-30(37)26-27(22-14-16-25(38-2)17-15-22)32-31(33-29(26)36)35-20-18-34(19-21-35)28(23-10-6-4-7-11-23)24-12-8-5-9-13-24/h4-17,26-28H,3,18-21H2,1-2H3,(H,32,33,36)/t26-,27-/m1/s1. The van der Waals surface area contributed by atoms with Gasteiger partial charge in [0, 0.05) is 26.2 Å². The van der Waals surface area contributed by atoms with Gasteiger partial charge in [0.1, 0.15) is 11.8 Å². The number of amides is 1. The second-order valence-electron chi connectivity index (χ2n) is 9.64. The summed E-state index contributed by atoms with van der Waals surface area (Å²) < 4.78 is 10.5. The number of hydrogen-bond donors (Lipinski definition) is 1. The summed E-state index contributed by atoms with van der Waals surface area (Å²) in [5.74, 6) is -0.829. The molecule has 0 radical (unpaired) electrons. The van der Waals surface area contributed by atoms with E-state index in [1.54, 1.807) is 14.0 Å². The minimum absolute atomic E-state index is 0.137. The summed E-state index contributed by atoms with van der Waals surface area (Å²) >= 11 is 0. The van der Waals surface area contributed by atoms with Crippen LogP contribution in [0.4, 0.5) is 0 Å². The van der Waals surface area contributed by atoms with Crippen LogP contribution in [0.25, 0.3) is 0 Å². The Hall–Kier alpha value is -4.17. The number of guanidine groups is 1. The van der Waals surface area contributed by atoms with Gasteiger partial charge in [-0.15, -0.1) is 0 Å². The van der Waals surface area contributed by atoms with Gasteiger partial charge in [0.15, 0.2) is 5.92 Å². The van der Waals surface area contributed by atoms with Crippen LogP contribution in [-0.2, 0) is 14.3 Å². The van der Waals surface area contributed by atoms with Gasteiger partial charge in [0.2, 0.25) is 11.9 Å². The number of nitrogens with one attached hydrogen (secondary N) is 1. The Morgan fingerprint density at radius 2 is 1.51 bits per heavy atom. The van der Waals surface area contributed by atoms with Gasteiger partial charge >= 0.3 is 5.97 Å². The number of carbonyl (C=O) groups excluding carboxylic acids is 2. The lowest BCUT2D eigenvalue weighted by molar-refractivity contribution is -0.153. The molecule has 0 aromatic heterocycles. The number of methoxy groups -OCH3 is 1. The largest absolute Gasteiger partial charge is 0.497 e. The Labute approximate surface area is 229 Å². The van der Waals surface area contributed by atoms with Gasteiger partial charge < -0.3 is 14.4 Å². The number of nitrogens with zero attached hydrogens (tertiary/aromatic N) is 3. The van der Waals surface area contributed by atoms with E-state index < -0.39 is 23.8 Å². The van der Waals surface area contributed by atoms with Crippen LogP contribution in [0.3, 0.4) is 0 Å². The fourth-order valence-corrected chi connectivity index (χ4v) is 5.34. The lowest BCUT2D eigenvalue weighted by Gasteiger charge is -2.42. The zero-order valence-electron chi connectivity index (χ0n) is 22.3. The number of benzene rings is 3. The van der Waals surface area contributed by atoms with E-state index in [-0.39, 0.29) is 12.6 Å². The predicted octanol–water partition coefficient (Wildman–Crippen LogP) is 3.81. The van der Waals surface area contributed by atoms with Gasteiger partial charge in [-0.1, -0.05) is 72.8 Å². The zero-order chi connectivity index (χ0) is 27.2. The van der Waals surface area contributed by atoms with E-state index in [0.717, 1.165) is 18.7 Å². The Morgan fingerprint density at radius 1 is 0.923 bits per heavy atom. The third-order valence-corrected chi connectivity index (χ3v) is 7.30. The third-order valence-electron chi connectivity index (χ3n) is 7.30.